The first-order chi connectivity index (χ1) is 12.6. The molecule has 1 saturated carbocycles. The van der Waals surface area contributed by atoms with Crippen molar-refractivity contribution in [1.82, 2.24) is 19.5 Å². The molecule has 1 fully saturated rings. The summed E-state index contributed by atoms with van der Waals surface area (Å²) >= 11 is 0. The van der Waals surface area contributed by atoms with E-state index in [0.29, 0.717) is 42.4 Å². The first kappa shape index (κ1) is 16.9. The van der Waals surface area contributed by atoms with Crippen LogP contribution >= 0.6 is 0 Å². The Morgan fingerprint density at radius 2 is 2.19 bits per heavy atom. The highest BCUT2D eigenvalue weighted by Gasteiger charge is 2.22. The summed E-state index contributed by atoms with van der Waals surface area (Å²) in [5.41, 5.74) is 1.87. The summed E-state index contributed by atoms with van der Waals surface area (Å²) in [7, 11) is 0. The van der Waals surface area contributed by atoms with E-state index in [0.717, 1.165) is 11.9 Å². The maximum absolute atomic E-state index is 12.6. The lowest BCUT2D eigenvalue weighted by atomic mass is 9.86. The standard InChI is InChI=1S/C19H24N4O3/c1-13-5-2-3-6-14(13)21-18(24)7-4-9-23-19(25)16-11-17-15(8-10-26-17)22(16)12-20-23/h8,10-14H,2-7,9H2,1H3,(H,21,24)/t13-,14+/m1/s1. The molecule has 0 aromatic carbocycles. The second kappa shape index (κ2) is 6.97. The number of hydrogen-bond acceptors (Lipinski definition) is 4. The van der Waals surface area contributed by atoms with E-state index in [9.17, 15) is 9.59 Å². The van der Waals surface area contributed by atoms with Crippen molar-refractivity contribution in [1.29, 1.82) is 0 Å². The van der Waals surface area contributed by atoms with Gasteiger partial charge in [0.25, 0.3) is 5.56 Å². The lowest BCUT2D eigenvalue weighted by Gasteiger charge is -2.29. The van der Waals surface area contributed by atoms with Crippen molar-refractivity contribution < 1.29 is 9.21 Å². The van der Waals surface area contributed by atoms with Crippen LogP contribution in [0.4, 0.5) is 0 Å². The zero-order chi connectivity index (χ0) is 18.1. The number of nitrogens with zero attached hydrogens (tertiary/aromatic N) is 3. The number of aromatic nitrogens is 3. The highest BCUT2D eigenvalue weighted by Crippen LogP contribution is 2.23. The van der Waals surface area contributed by atoms with Crippen LogP contribution < -0.4 is 10.9 Å². The van der Waals surface area contributed by atoms with Crippen LogP contribution in [-0.4, -0.2) is 26.1 Å². The number of rotatable bonds is 5. The number of amides is 1. The molecule has 7 heteroatoms. The number of fused-ring (bicyclic) bond motifs is 3. The second-order valence-electron chi connectivity index (χ2n) is 7.27. The molecule has 3 aromatic heterocycles. The summed E-state index contributed by atoms with van der Waals surface area (Å²) in [6, 6.07) is 3.84. The summed E-state index contributed by atoms with van der Waals surface area (Å²) in [4.78, 5) is 24.8. The van der Waals surface area contributed by atoms with Crippen LogP contribution in [0.25, 0.3) is 16.6 Å². The molecule has 0 aliphatic heterocycles. The molecule has 3 heterocycles. The van der Waals surface area contributed by atoms with Gasteiger partial charge in [-0.15, -0.1) is 0 Å². The van der Waals surface area contributed by atoms with Crippen molar-refractivity contribution in [3.8, 4) is 0 Å². The van der Waals surface area contributed by atoms with Gasteiger partial charge in [0.15, 0.2) is 5.58 Å². The Morgan fingerprint density at radius 3 is 3.04 bits per heavy atom. The molecule has 1 aliphatic carbocycles. The zero-order valence-corrected chi connectivity index (χ0v) is 15.0. The molecule has 3 aromatic rings. The monoisotopic (exact) mass is 356 g/mol. The lowest BCUT2D eigenvalue weighted by Crippen LogP contribution is -2.41. The average Bonchev–Trinajstić information content (AvgIpc) is 3.21. The number of carbonyl (C=O) groups is 1. The average molecular weight is 356 g/mol. The van der Waals surface area contributed by atoms with Gasteiger partial charge in [-0.25, -0.2) is 4.68 Å². The SMILES string of the molecule is C[C@@H]1CCCC[C@@H]1NC(=O)CCCn1ncn2c(cc3occc32)c1=O. The quantitative estimate of drug-likeness (QED) is 0.762. The summed E-state index contributed by atoms with van der Waals surface area (Å²) in [6.07, 6.45) is 8.92. The molecular weight excluding hydrogens is 332 g/mol. The number of furan rings is 1. The van der Waals surface area contributed by atoms with Gasteiger partial charge in [-0.1, -0.05) is 19.8 Å². The maximum atomic E-state index is 12.6. The van der Waals surface area contributed by atoms with Crippen LogP contribution in [0.15, 0.2) is 33.9 Å². The van der Waals surface area contributed by atoms with Gasteiger partial charge >= 0.3 is 0 Å². The minimum Gasteiger partial charge on any atom is -0.463 e. The summed E-state index contributed by atoms with van der Waals surface area (Å²) < 4.78 is 8.49. The third-order valence-electron chi connectivity index (χ3n) is 5.45. The van der Waals surface area contributed by atoms with E-state index in [1.165, 1.54) is 23.9 Å². The van der Waals surface area contributed by atoms with Gasteiger partial charge < -0.3 is 9.73 Å². The highest BCUT2D eigenvalue weighted by atomic mass is 16.3. The normalized spacial score (nSPS) is 20.7. The molecule has 7 nitrogen and oxygen atoms in total. The van der Waals surface area contributed by atoms with Gasteiger partial charge in [0.05, 0.1) is 11.8 Å². The van der Waals surface area contributed by atoms with E-state index >= 15 is 0 Å². The van der Waals surface area contributed by atoms with Gasteiger partial charge in [0, 0.05) is 31.1 Å². The van der Waals surface area contributed by atoms with Crippen molar-refractivity contribution in [3.05, 3.63) is 35.1 Å². The molecule has 26 heavy (non-hydrogen) atoms. The molecule has 0 bridgehead atoms. The molecule has 0 radical (unpaired) electrons. The van der Waals surface area contributed by atoms with Crippen molar-refractivity contribution in [2.75, 3.05) is 0 Å². The molecule has 1 N–H and O–H groups in total. The molecule has 2 atom stereocenters. The van der Waals surface area contributed by atoms with E-state index in [-0.39, 0.29) is 11.5 Å². The van der Waals surface area contributed by atoms with Crippen LogP contribution in [0.1, 0.15) is 45.4 Å². The topological polar surface area (TPSA) is 81.5 Å². The Labute approximate surface area is 151 Å². The molecule has 138 valence electrons. The van der Waals surface area contributed by atoms with Crippen molar-refractivity contribution >= 4 is 22.5 Å². The van der Waals surface area contributed by atoms with Crippen LogP contribution in [0.5, 0.6) is 0 Å². The van der Waals surface area contributed by atoms with Crippen LogP contribution in [-0.2, 0) is 11.3 Å². The van der Waals surface area contributed by atoms with Gasteiger partial charge in [0.2, 0.25) is 5.91 Å². The Morgan fingerprint density at radius 1 is 1.35 bits per heavy atom. The number of carbonyl (C=O) groups excluding carboxylic acids is 1. The van der Waals surface area contributed by atoms with E-state index in [2.05, 4.69) is 17.3 Å². The molecular formula is C19H24N4O3. The number of hydrogen-bond donors (Lipinski definition) is 1. The van der Waals surface area contributed by atoms with Crippen LogP contribution in [0, 0.1) is 5.92 Å². The minimum atomic E-state index is -0.166. The third-order valence-corrected chi connectivity index (χ3v) is 5.45. The molecule has 4 rings (SSSR count). The van der Waals surface area contributed by atoms with Gasteiger partial charge in [-0.3, -0.25) is 14.0 Å². The van der Waals surface area contributed by atoms with Crippen molar-refractivity contribution in [3.63, 3.8) is 0 Å². The minimum absolute atomic E-state index is 0.0677. The molecule has 1 amide bonds. The fraction of sp³-hybridized carbons (Fsp3) is 0.526. The highest BCUT2D eigenvalue weighted by molar-refractivity contribution is 5.81. The van der Waals surface area contributed by atoms with Crippen molar-refractivity contribution in [2.24, 2.45) is 5.92 Å². The first-order valence-electron chi connectivity index (χ1n) is 9.37. The Bertz CT molecular complexity index is 984. The Balaban J connectivity index is 1.37. The predicted molar refractivity (Wildman–Crippen MR) is 98.0 cm³/mol. The van der Waals surface area contributed by atoms with E-state index in [4.69, 9.17) is 4.42 Å². The number of nitrogens with one attached hydrogen (secondary N) is 1. The zero-order valence-electron chi connectivity index (χ0n) is 15.0. The molecule has 1 aliphatic rings. The van der Waals surface area contributed by atoms with E-state index < -0.39 is 0 Å². The van der Waals surface area contributed by atoms with Crippen LogP contribution in [0.2, 0.25) is 0 Å². The van der Waals surface area contributed by atoms with Gasteiger partial charge in [-0.05, 0) is 25.2 Å². The fourth-order valence-electron chi connectivity index (χ4n) is 3.89. The smallest absolute Gasteiger partial charge is 0.291 e. The Kier molecular flexibility index (Phi) is 4.53. The Hall–Kier alpha value is -2.57. The summed E-state index contributed by atoms with van der Waals surface area (Å²) in [5, 5.41) is 7.38. The largest absolute Gasteiger partial charge is 0.463 e. The summed E-state index contributed by atoms with van der Waals surface area (Å²) in [5.74, 6) is 0.616. The molecule has 0 unspecified atom stereocenters. The third kappa shape index (κ3) is 3.13. The van der Waals surface area contributed by atoms with E-state index in [1.54, 1.807) is 23.1 Å². The molecule has 0 saturated heterocycles. The first-order valence-corrected chi connectivity index (χ1v) is 9.37. The lowest BCUT2D eigenvalue weighted by molar-refractivity contribution is -0.122. The number of aryl methyl sites for hydroxylation is 1. The summed E-state index contributed by atoms with van der Waals surface area (Å²) in [6.45, 7) is 2.63. The fourth-order valence-corrected chi connectivity index (χ4v) is 3.89. The van der Waals surface area contributed by atoms with E-state index in [1.807, 2.05) is 6.07 Å². The van der Waals surface area contributed by atoms with Gasteiger partial charge in [-0.2, -0.15) is 5.10 Å². The predicted octanol–water partition coefficient (Wildman–Crippen LogP) is 2.72. The second-order valence-corrected chi connectivity index (χ2v) is 7.27. The van der Waals surface area contributed by atoms with Crippen LogP contribution in [0.3, 0.4) is 0 Å². The van der Waals surface area contributed by atoms with Crippen molar-refractivity contribution in [2.45, 2.75) is 58.0 Å². The van der Waals surface area contributed by atoms with Gasteiger partial charge in [0.1, 0.15) is 11.8 Å². The molecule has 0 spiro atoms. The maximum Gasteiger partial charge on any atom is 0.291 e.